The first kappa shape index (κ1) is 10.9. The summed E-state index contributed by atoms with van der Waals surface area (Å²) >= 11 is 9.03. The maximum absolute atomic E-state index is 5.62. The van der Waals surface area contributed by atoms with Gasteiger partial charge in [-0.15, -0.1) is 11.6 Å². The lowest BCUT2D eigenvalue weighted by molar-refractivity contribution is 0.857. The van der Waals surface area contributed by atoms with E-state index < -0.39 is 0 Å². The maximum atomic E-state index is 5.62. The Morgan fingerprint density at radius 3 is 2.46 bits per heavy atom. The maximum Gasteiger partial charge on any atom is 0.0364 e. The van der Waals surface area contributed by atoms with E-state index in [1.165, 1.54) is 5.69 Å². The summed E-state index contributed by atoms with van der Waals surface area (Å²) in [5.74, 6) is 0.723. The van der Waals surface area contributed by atoms with Crippen LogP contribution in [0.25, 0.3) is 0 Å². The molecule has 0 aliphatic carbocycles. The van der Waals surface area contributed by atoms with Crippen LogP contribution in [-0.2, 0) is 0 Å². The summed E-state index contributed by atoms with van der Waals surface area (Å²) in [4.78, 5) is 2.20. The van der Waals surface area contributed by atoms with Crippen LogP contribution in [-0.4, -0.2) is 19.5 Å². The van der Waals surface area contributed by atoms with Crippen LogP contribution in [0.15, 0.2) is 28.7 Å². The van der Waals surface area contributed by atoms with Crippen molar-refractivity contribution in [1.29, 1.82) is 0 Å². The fraction of sp³-hybridized carbons (Fsp3) is 0.400. The van der Waals surface area contributed by atoms with Crippen LogP contribution >= 0.6 is 27.5 Å². The zero-order valence-corrected chi connectivity index (χ0v) is 9.98. The van der Waals surface area contributed by atoms with E-state index >= 15 is 0 Å². The summed E-state index contributed by atoms with van der Waals surface area (Å²) in [6.45, 7) is 1.01. The molecule has 1 aromatic carbocycles. The molecule has 1 aromatic rings. The molecule has 13 heavy (non-hydrogen) atoms. The van der Waals surface area contributed by atoms with E-state index in [4.69, 9.17) is 11.6 Å². The molecule has 0 bridgehead atoms. The Morgan fingerprint density at radius 2 is 1.92 bits per heavy atom. The van der Waals surface area contributed by atoms with Crippen molar-refractivity contribution in [2.75, 3.05) is 24.4 Å². The van der Waals surface area contributed by atoms with Crippen LogP contribution in [0.4, 0.5) is 5.69 Å². The van der Waals surface area contributed by atoms with Gasteiger partial charge in [-0.25, -0.2) is 0 Å². The minimum atomic E-state index is 0.723. The quantitative estimate of drug-likeness (QED) is 0.751. The number of alkyl halides is 1. The predicted octanol–water partition coefficient (Wildman–Crippen LogP) is 3.51. The lowest BCUT2D eigenvalue weighted by atomic mass is 10.3. The number of benzene rings is 1. The van der Waals surface area contributed by atoms with Crippen molar-refractivity contribution >= 4 is 33.2 Å². The topological polar surface area (TPSA) is 3.24 Å². The zero-order valence-electron chi connectivity index (χ0n) is 7.63. The third kappa shape index (κ3) is 3.57. The van der Waals surface area contributed by atoms with Gasteiger partial charge in [-0.1, -0.05) is 15.9 Å². The van der Waals surface area contributed by atoms with Crippen LogP contribution < -0.4 is 4.90 Å². The number of hydrogen-bond donors (Lipinski definition) is 0. The van der Waals surface area contributed by atoms with Crippen LogP contribution in [0.5, 0.6) is 0 Å². The summed E-state index contributed by atoms with van der Waals surface area (Å²) in [5.41, 5.74) is 1.23. The molecule has 72 valence electrons. The highest BCUT2D eigenvalue weighted by molar-refractivity contribution is 9.10. The van der Waals surface area contributed by atoms with Gasteiger partial charge in [-0.05, 0) is 30.7 Å². The summed E-state index contributed by atoms with van der Waals surface area (Å²) in [6, 6.07) is 8.29. The van der Waals surface area contributed by atoms with E-state index in [2.05, 4.69) is 40.0 Å². The van der Waals surface area contributed by atoms with E-state index in [9.17, 15) is 0 Å². The lowest BCUT2D eigenvalue weighted by Crippen LogP contribution is -2.18. The normalized spacial score (nSPS) is 10.1. The molecule has 0 spiro atoms. The van der Waals surface area contributed by atoms with Crippen molar-refractivity contribution in [2.24, 2.45) is 0 Å². The van der Waals surface area contributed by atoms with Crippen molar-refractivity contribution < 1.29 is 0 Å². The van der Waals surface area contributed by atoms with Crippen molar-refractivity contribution in [3.05, 3.63) is 28.7 Å². The molecule has 0 unspecified atom stereocenters. The minimum absolute atomic E-state index is 0.723. The second-order valence-electron chi connectivity index (χ2n) is 2.94. The molecule has 0 amide bonds. The third-order valence-corrected chi connectivity index (χ3v) is 2.69. The molecule has 1 nitrogen and oxygen atoms in total. The van der Waals surface area contributed by atoms with Crippen molar-refractivity contribution in [2.45, 2.75) is 6.42 Å². The molecule has 0 aliphatic rings. The number of nitrogens with zero attached hydrogens (tertiary/aromatic N) is 1. The Labute approximate surface area is 92.8 Å². The van der Waals surface area contributed by atoms with Gasteiger partial charge in [0.15, 0.2) is 0 Å². The second kappa shape index (κ2) is 5.51. The summed E-state index contributed by atoms with van der Waals surface area (Å²) in [7, 11) is 2.08. The highest BCUT2D eigenvalue weighted by Gasteiger charge is 1.98. The van der Waals surface area contributed by atoms with Crippen molar-refractivity contribution in [1.82, 2.24) is 0 Å². The van der Waals surface area contributed by atoms with Crippen LogP contribution in [0.3, 0.4) is 0 Å². The smallest absolute Gasteiger partial charge is 0.0364 e. The predicted molar refractivity (Wildman–Crippen MR) is 62.7 cm³/mol. The first-order valence-corrected chi connectivity index (χ1v) is 5.59. The second-order valence-corrected chi connectivity index (χ2v) is 4.23. The van der Waals surface area contributed by atoms with Crippen LogP contribution in [0.2, 0.25) is 0 Å². The van der Waals surface area contributed by atoms with Gasteiger partial charge in [0.1, 0.15) is 0 Å². The Kier molecular flexibility index (Phi) is 4.60. The van der Waals surface area contributed by atoms with Gasteiger partial charge >= 0.3 is 0 Å². The number of rotatable bonds is 4. The Hall–Kier alpha value is -0.210. The molecular weight excluding hydrogens is 249 g/mol. The highest BCUT2D eigenvalue weighted by atomic mass is 79.9. The van der Waals surface area contributed by atoms with E-state index in [0.29, 0.717) is 0 Å². The minimum Gasteiger partial charge on any atom is -0.375 e. The molecule has 0 aromatic heterocycles. The van der Waals surface area contributed by atoms with E-state index in [0.717, 1.165) is 23.3 Å². The van der Waals surface area contributed by atoms with Gasteiger partial charge in [-0.3, -0.25) is 0 Å². The monoisotopic (exact) mass is 261 g/mol. The standard InChI is InChI=1S/C10H13BrClN/c1-13(8-2-7-12)10-5-3-9(11)4-6-10/h3-6H,2,7-8H2,1H3. The van der Waals surface area contributed by atoms with E-state index in [1.807, 2.05) is 12.1 Å². The number of hydrogen-bond acceptors (Lipinski definition) is 1. The molecule has 0 radical (unpaired) electrons. The molecule has 0 saturated heterocycles. The van der Waals surface area contributed by atoms with Crippen LogP contribution in [0, 0.1) is 0 Å². The lowest BCUT2D eigenvalue weighted by Gasteiger charge is -2.18. The van der Waals surface area contributed by atoms with Gasteiger partial charge < -0.3 is 4.90 Å². The molecule has 0 fully saturated rings. The van der Waals surface area contributed by atoms with Gasteiger partial charge in [0, 0.05) is 29.6 Å². The van der Waals surface area contributed by atoms with Gasteiger partial charge in [0.05, 0.1) is 0 Å². The Morgan fingerprint density at radius 1 is 1.31 bits per heavy atom. The molecule has 0 atom stereocenters. The molecular formula is C10H13BrClN. The highest BCUT2D eigenvalue weighted by Crippen LogP contribution is 2.17. The number of anilines is 1. The van der Waals surface area contributed by atoms with E-state index in [1.54, 1.807) is 0 Å². The van der Waals surface area contributed by atoms with Gasteiger partial charge in [0.25, 0.3) is 0 Å². The van der Waals surface area contributed by atoms with E-state index in [-0.39, 0.29) is 0 Å². The van der Waals surface area contributed by atoms with Crippen LogP contribution in [0.1, 0.15) is 6.42 Å². The summed E-state index contributed by atoms with van der Waals surface area (Å²) in [6.07, 6.45) is 1.02. The fourth-order valence-corrected chi connectivity index (χ4v) is 1.51. The Bertz CT molecular complexity index is 248. The molecule has 0 heterocycles. The molecule has 0 aliphatic heterocycles. The number of halogens is 2. The average Bonchev–Trinajstić information content (AvgIpc) is 2.15. The fourth-order valence-electron chi connectivity index (χ4n) is 1.12. The first-order valence-electron chi connectivity index (χ1n) is 4.26. The van der Waals surface area contributed by atoms with Gasteiger partial charge in [-0.2, -0.15) is 0 Å². The van der Waals surface area contributed by atoms with Crippen molar-refractivity contribution in [3.63, 3.8) is 0 Å². The SMILES string of the molecule is CN(CCCCl)c1ccc(Br)cc1. The molecule has 1 rings (SSSR count). The molecule has 3 heteroatoms. The third-order valence-electron chi connectivity index (χ3n) is 1.89. The average molecular weight is 263 g/mol. The first-order chi connectivity index (χ1) is 6.24. The van der Waals surface area contributed by atoms with Crippen molar-refractivity contribution in [3.8, 4) is 0 Å². The molecule has 0 saturated carbocycles. The van der Waals surface area contributed by atoms with Gasteiger partial charge in [0.2, 0.25) is 0 Å². The summed E-state index contributed by atoms with van der Waals surface area (Å²) < 4.78 is 1.11. The zero-order chi connectivity index (χ0) is 9.68. The largest absolute Gasteiger partial charge is 0.375 e. The summed E-state index contributed by atoms with van der Waals surface area (Å²) in [5, 5.41) is 0. The molecule has 0 N–H and O–H groups in total. The Balaban J connectivity index is 2.55.